The maximum atomic E-state index is 13.2. The van der Waals surface area contributed by atoms with E-state index in [0.717, 1.165) is 48.4 Å². The van der Waals surface area contributed by atoms with Crippen molar-refractivity contribution in [2.45, 2.75) is 37.3 Å². The Morgan fingerprint density at radius 1 is 0.914 bits per heavy atom. The van der Waals surface area contributed by atoms with Gasteiger partial charge >= 0.3 is 0 Å². The molecule has 1 N–H and O–H groups in total. The lowest BCUT2D eigenvalue weighted by molar-refractivity contribution is -0.135. The van der Waals surface area contributed by atoms with Gasteiger partial charge in [-0.2, -0.15) is 0 Å². The molecule has 3 aromatic rings. The first-order valence-corrected chi connectivity index (χ1v) is 12.6. The number of hydrogen-bond acceptors (Lipinski definition) is 4. The van der Waals surface area contributed by atoms with E-state index in [1.807, 2.05) is 42.5 Å². The van der Waals surface area contributed by atoms with Gasteiger partial charge in [0.1, 0.15) is 5.75 Å². The Labute approximate surface area is 208 Å². The Morgan fingerprint density at radius 3 is 2.23 bits per heavy atom. The number of hydrogen-bond donors (Lipinski definition) is 1. The molecule has 2 fully saturated rings. The molecule has 3 aromatic carbocycles. The minimum Gasteiger partial charge on any atom is -0.497 e. The summed E-state index contributed by atoms with van der Waals surface area (Å²) in [5, 5.41) is 10.2. The molecule has 2 saturated heterocycles. The molecule has 0 radical (unpaired) electrons. The fraction of sp³-hybridized carbons (Fsp3) is 0.367. The zero-order valence-electron chi connectivity index (χ0n) is 20.3. The van der Waals surface area contributed by atoms with Gasteiger partial charge in [-0.3, -0.25) is 9.69 Å². The summed E-state index contributed by atoms with van der Waals surface area (Å²) in [5.41, 5.74) is 4.60. The monoisotopic (exact) mass is 470 g/mol. The Kier molecular flexibility index (Phi) is 7.16. The van der Waals surface area contributed by atoms with E-state index in [0.29, 0.717) is 13.0 Å². The van der Waals surface area contributed by atoms with Crippen molar-refractivity contribution in [2.75, 3.05) is 33.4 Å². The van der Waals surface area contributed by atoms with Gasteiger partial charge in [0.25, 0.3) is 0 Å². The van der Waals surface area contributed by atoms with Gasteiger partial charge in [-0.05, 0) is 53.8 Å². The van der Waals surface area contributed by atoms with E-state index in [1.165, 1.54) is 5.56 Å². The summed E-state index contributed by atoms with van der Waals surface area (Å²) >= 11 is 0. The molecular formula is C30H34N2O3. The highest BCUT2D eigenvalue weighted by Crippen LogP contribution is 2.42. The number of fused-ring (bicyclic) bond motifs is 1. The molecule has 1 amide bonds. The van der Waals surface area contributed by atoms with Gasteiger partial charge in [-0.1, -0.05) is 66.7 Å². The summed E-state index contributed by atoms with van der Waals surface area (Å²) in [6.45, 7) is 2.65. The Morgan fingerprint density at radius 2 is 1.57 bits per heavy atom. The number of carbonyl (C=O) groups is 1. The quantitative estimate of drug-likeness (QED) is 0.582. The summed E-state index contributed by atoms with van der Waals surface area (Å²) in [7, 11) is 1.68. The van der Waals surface area contributed by atoms with E-state index in [-0.39, 0.29) is 30.5 Å². The molecule has 0 aliphatic carbocycles. The molecule has 5 rings (SSSR count). The second-order valence-corrected chi connectivity index (χ2v) is 9.64. The first-order chi connectivity index (χ1) is 17.2. The van der Waals surface area contributed by atoms with Gasteiger partial charge in [0.2, 0.25) is 5.91 Å². The zero-order valence-corrected chi connectivity index (χ0v) is 20.3. The Balaban J connectivity index is 1.33. The zero-order chi connectivity index (χ0) is 24.2. The van der Waals surface area contributed by atoms with Crippen LogP contribution in [0.25, 0.3) is 11.1 Å². The van der Waals surface area contributed by atoms with E-state index >= 15 is 0 Å². The van der Waals surface area contributed by atoms with Gasteiger partial charge in [-0.15, -0.1) is 0 Å². The maximum absolute atomic E-state index is 13.2. The average molecular weight is 471 g/mol. The van der Waals surface area contributed by atoms with Gasteiger partial charge in [0.05, 0.1) is 20.1 Å². The summed E-state index contributed by atoms with van der Waals surface area (Å²) < 4.78 is 5.27. The lowest BCUT2D eigenvalue weighted by Crippen LogP contribution is -2.68. The van der Waals surface area contributed by atoms with E-state index in [1.54, 1.807) is 7.11 Å². The van der Waals surface area contributed by atoms with Gasteiger partial charge < -0.3 is 14.7 Å². The van der Waals surface area contributed by atoms with Crippen molar-refractivity contribution in [3.63, 3.8) is 0 Å². The Bertz CT molecular complexity index is 1110. The molecule has 3 atom stereocenters. The van der Waals surface area contributed by atoms with Crippen molar-refractivity contribution in [3.8, 4) is 16.9 Å². The van der Waals surface area contributed by atoms with E-state index in [9.17, 15) is 9.90 Å². The highest BCUT2D eigenvalue weighted by atomic mass is 16.5. The Hall–Kier alpha value is -3.15. The lowest BCUT2D eigenvalue weighted by Gasteiger charge is -2.57. The molecule has 0 spiro atoms. The smallest absolute Gasteiger partial charge is 0.227 e. The number of amides is 1. The third kappa shape index (κ3) is 4.97. The number of ether oxygens (including phenoxy) is 1. The molecule has 2 aliphatic heterocycles. The highest BCUT2D eigenvalue weighted by molar-refractivity contribution is 5.79. The van der Waals surface area contributed by atoms with Crippen LogP contribution in [-0.2, 0) is 11.2 Å². The third-order valence-electron chi connectivity index (χ3n) is 7.64. The third-order valence-corrected chi connectivity index (χ3v) is 7.64. The van der Waals surface area contributed by atoms with Crippen LogP contribution < -0.4 is 4.74 Å². The van der Waals surface area contributed by atoms with Crippen LogP contribution in [0.15, 0.2) is 78.9 Å². The van der Waals surface area contributed by atoms with Crippen LogP contribution in [0.5, 0.6) is 5.75 Å². The van der Waals surface area contributed by atoms with E-state index in [2.05, 4.69) is 46.2 Å². The predicted octanol–water partition coefficient (Wildman–Crippen LogP) is 4.36. The number of methoxy groups -OCH3 is 1. The first-order valence-electron chi connectivity index (χ1n) is 12.6. The number of benzene rings is 3. The molecule has 2 heterocycles. The molecule has 0 aromatic heterocycles. The van der Waals surface area contributed by atoms with Crippen LogP contribution in [0.3, 0.4) is 0 Å². The van der Waals surface area contributed by atoms with E-state index in [4.69, 9.17) is 4.74 Å². The van der Waals surface area contributed by atoms with Crippen LogP contribution in [0, 0.1) is 0 Å². The van der Waals surface area contributed by atoms with Crippen LogP contribution in [-0.4, -0.2) is 66.2 Å². The summed E-state index contributed by atoms with van der Waals surface area (Å²) in [4.78, 5) is 17.7. The lowest BCUT2D eigenvalue weighted by atomic mass is 9.74. The number of rotatable bonds is 6. The van der Waals surface area contributed by atoms with Crippen molar-refractivity contribution < 1.29 is 14.6 Å². The fourth-order valence-corrected chi connectivity index (χ4v) is 5.73. The topological polar surface area (TPSA) is 53.0 Å². The molecular weight excluding hydrogens is 436 g/mol. The molecule has 5 heteroatoms. The van der Waals surface area contributed by atoms with E-state index < -0.39 is 0 Å². The standard InChI is InChI=1S/C30H34N2O3/c1-35-26-15-13-24(14-16-26)23-9-11-25(12-10-23)30-27-20-31(17-5-6-18-32(27)28(30)21-33)29(34)19-22-7-3-2-4-8-22/h2-4,7-16,27-28,30,33H,5-6,17-21H2,1H3/t27-,28+,30+/m0/s1. The van der Waals surface area contributed by atoms with Crippen molar-refractivity contribution in [2.24, 2.45) is 0 Å². The highest BCUT2D eigenvalue weighted by Gasteiger charge is 2.49. The van der Waals surface area contributed by atoms with Crippen LogP contribution in [0.1, 0.15) is 29.9 Å². The largest absolute Gasteiger partial charge is 0.497 e. The predicted molar refractivity (Wildman–Crippen MR) is 138 cm³/mol. The number of nitrogens with zero attached hydrogens (tertiary/aromatic N) is 2. The minimum atomic E-state index is 0.107. The summed E-state index contributed by atoms with van der Waals surface area (Å²) in [6, 6.07) is 27.1. The van der Waals surface area contributed by atoms with Crippen molar-refractivity contribution in [1.29, 1.82) is 0 Å². The summed E-state index contributed by atoms with van der Waals surface area (Å²) in [6.07, 6.45) is 2.49. The molecule has 0 unspecified atom stereocenters. The molecule has 2 aliphatic rings. The van der Waals surface area contributed by atoms with Gasteiger partial charge in [-0.25, -0.2) is 0 Å². The van der Waals surface area contributed by atoms with Crippen LogP contribution >= 0.6 is 0 Å². The first kappa shape index (κ1) is 23.6. The molecule has 0 bridgehead atoms. The SMILES string of the molecule is COc1ccc(-c2ccc([C@H]3[C@@H](CO)N4CCCCN(C(=O)Cc5ccccc5)C[C@@H]34)cc2)cc1. The maximum Gasteiger partial charge on any atom is 0.227 e. The molecule has 5 nitrogen and oxygen atoms in total. The second kappa shape index (κ2) is 10.6. The minimum absolute atomic E-state index is 0.107. The van der Waals surface area contributed by atoms with Crippen molar-refractivity contribution >= 4 is 5.91 Å². The molecule has 35 heavy (non-hydrogen) atoms. The van der Waals surface area contributed by atoms with Gasteiger partial charge in [0.15, 0.2) is 0 Å². The number of carbonyl (C=O) groups excluding carboxylic acids is 1. The van der Waals surface area contributed by atoms with Crippen molar-refractivity contribution in [3.05, 3.63) is 90.0 Å². The second-order valence-electron chi connectivity index (χ2n) is 9.64. The molecule has 182 valence electrons. The van der Waals surface area contributed by atoms with Crippen molar-refractivity contribution in [1.82, 2.24) is 9.80 Å². The number of aliphatic hydroxyl groups excluding tert-OH is 1. The fourth-order valence-electron chi connectivity index (χ4n) is 5.73. The van der Waals surface area contributed by atoms with Crippen LogP contribution in [0.2, 0.25) is 0 Å². The average Bonchev–Trinajstić information content (AvgIpc) is 2.89. The molecule has 0 saturated carbocycles. The van der Waals surface area contributed by atoms with Crippen LogP contribution in [0.4, 0.5) is 0 Å². The number of aliphatic hydroxyl groups is 1. The normalized spacial score (nSPS) is 22.5. The van der Waals surface area contributed by atoms with Gasteiger partial charge in [0, 0.05) is 31.1 Å². The summed E-state index contributed by atoms with van der Waals surface area (Å²) in [5.74, 6) is 1.26.